The Bertz CT molecular complexity index is 1060. The van der Waals surface area contributed by atoms with E-state index in [-0.39, 0.29) is 25.4 Å². The van der Waals surface area contributed by atoms with E-state index in [1.807, 2.05) is 28.8 Å². The van der Waals surface area contributed by atoms with E-state index < -0.39 is 18.0 Å². The first-order valence-corrected chi connectivity index (χ1v) is 11.1. The van der Waals surface area contributed by atoms with Crippen molar-refractivity contribution in [3.05, 3.63) is 47.0 Å². The maximum absolute atomic E-state index is 13.5. The lowest BCUT2D eigenvalue weighted by molar-refractivity contribution is -0.136. The Morgan fingerprint density at radius 1 is 1.12 bits per heavy atom. The lowest BCUT2D eigenvalue weighted by atomic mass is 9.75. The molecule has 0 atom stereocenters. The van der Waals surface area contributed by atoms with Crippen LogP contribution in [0.5, 0.6) is 0 Å². The zero-order valence-corrected chi connectivity index (χ0v) is 17.7. The third-order valence-electron chi connectivity index (χ3n) is 6.91. The minimum atomic E-state index is -4.19. The molecule has 9 heteroatoms. The van der Waals surface area contributed by atoms with E-state index in [2.05, 4.69) is 0 Å². The van der Waals surface area contributed by atoms with Crippen LogP contribution in [0.4, 0.5) is 18.9 Å². The summed E-state index contributed by atoms with van der Waals surface area (Å²) in [6.07, 6.45) is -0.654. The third kappa shape index (κ3) is 3.38. The lowest BCUT2D eigenvalue weighted by Gasteiger charge is -2.44. The van der Waals surface area contributed by atoms with Gasteiger partial charge in [0.15, 0.2) is 0 Å². The summed E-state index contributed by atoms with van der Waals surface area (Å²) in [5, 5.41) is 0. The van der Waals surface area contributed by atoms with Gasteiger partial charge in [-0.15, -0.1) is 0 Å². The number of aromatic nitrogens is 2. The molecule has 3 heterocycles. The van der Waals surface area contributed by atoms with Crippen LogP contribution in [0.15, 0.2) is 24.3 Å². The fraction of sp³-hybridized carbons (Fsp3) is 0.522. The number of aryl methyl sites for hydroxylation is 1. The highest BCUT2D eigenvalue weighted by molar-refractivity contribution is 6.09. The van der Waals surface area contributed by atoms with Crippen molar-refractivity contribution < 1.29 is 22.8 Å². The summed E-state index contributed by atoms with van der Waals surface area (Å²) in [6, 6.07) is 7.57. The molecular weight excluding hydrogens is 421 g/mol. The molecule has 1 aliphatic carbocycles. The Morgan fingerprint density at radius 3 is 2.62 bits per heavy atom. The molecule has 1 fully saturated rings. The van der Waals surface area contributed by atoms with Crippen LogP contribution >= 0.6 is 0 Å². The van der Waals surface area contributed by atoms with E-state index in [9.17, 15) is 22.8 Å². The average molecular weight is 446 g/mol. The predicted molar refractivity (Wildman–Crippen MR) is 111 cm³/mol. The van der Waals surface area contributed by atoms with Crippen molar-refractivity contribution in [2.24, 2.45) is 0 Å². The highest BCUT2D eigenvalue weighted by Gasteiger charge is 2.58. The SMILES string of the molecule is O=CN1CC2(C1)C(=O)N(Cc1nc3c(n1CCCC(F)(F)F)CCCC3)c1ccccc12. The molecule has 0 N–H and O–H groups in total. The minimum Gasteiger partial charge on any atom is -0.342 e. The molecule has 0 bridgehead atoms. The maximum atomic E-state index is 13.5. The minimum absolute atomic E-state index is 0.0118. The van der Waals surface area contributed by atoms with Crippen LogP contribution in [-0.4, -0.2) is 46.0 Å². The number of halogens is 3. The van der Waals surface area contributed by atoms with Crippen LogP contribution < -0.4 is 4.90 Å². The summed E-state index contributed by atoms with van der Waals surface area (Å²) < 4.78 is 40.2. The zero-order chi connectivity index (χ0) is 22.5. The second-order valence-corrected chi connectivity index (χ2v) is 9.00. The normalized spacial score (nSPS) is 19.2. The summed E-state index contributed by atoms with van der Waals surface area (Å²) in [4.78, 5) is 32.7. The molecule has 0 saturated carbocycles. The van der Waals surface area contributed by atoms with Crippen molar-refractivity contribution in [2.75, 3.05) is 18.0 Å². The van der Waals surface area contributed by atoms with Crippen molar-refractivity contribution in [3.63, 3.8) is 0 Å². The molecule has 0 unspecified atom stereocenters. The third-order valence-corrected chi connectivity index (χ3v) is 6.91. The van der Waals surface area contributed by atoms with E-state index >= 15 is 0 Å². The van der Waals surface area contributed by atoms with E-state index in [1.165, 1.54) is 0 Å². The van der Waals surface area contributed by atoms with Gasteiger partial charge in [0.25, 0.3) is 0 Å². The molecule has 0 radical (unpaired) electrons. The first-order chi connectivity index (χ1) is 15.3. The van der Waals surface area contributed by atoms with Gasteiger partial charge in [-0.25, -0.2) is 4.98 Å². The van der Waals surface area contributed by atoms with Crippen LogP contribution in [0, 0.1) is 0 Å². The molecule has 6 nitrogen and oxygen atoms in total. The van der Waals surface area contributed by atoms with Gasteiger partial charge in [-0.05, 0) is 43.7 Å². The van der Waals surface area contributed by atoms with Gasteiger partial charge in [-0.1, -0.05) is 18.2 Å². The number of amides is 2. The second kappa shape index (κ2) is 7.64. The Morgan fingerprint density at radius 2 is 1.88 bits per heavy atom. The van der Waals surface area contributed by atoms with Gasteiger partial charge >= 0.3 is 6.18 Å². The fourth-order valence-corrected chi connectivity index (χ4v) is 5.40. The number of benzene rings is 1. The number of fused-ring (bicyclic) bond motifs is 3. The van der Waals surface area contributed by atoms with Crippen LogP contribution in [-0.2, 0) is 40.9 Å². The summed E-state index contributed by atoms with van der Waals surface area (Å²) in [7, 11) is 0. The molecule has 3 aliphatic rings. The summed E-state index contributed by atoms with van der Waals surface area (Å²) in [5.74, 6) is 0.574. The zero-order valence-electron chi connectivity index (χ0n) is 17.7. The highest BCUT2D eigenvalue weighted by atomic mass is 19.4. The van der Waals surface area contributed by atoms with Crippen LogP contribution in [0.2, 0.25) is 0 Å². The highest BCUT2D eigenvalue weighted by Crippen LogP contribution is 2.47. The van der Waals surface area contributed by atoms with Gasteiger partial charge in [-0.2, -0.15) is 13.2 Å². The second-order valence-electron chi connectivity index (χ2n) is 9.00. The van der Waals surface area contributed by atoms with Crippen molar-refractivity contribution >= 4 is 18.0 Å². The topological polar surface area (TPSA) is 58.4 Å². The molecule has 5 rings (SSSR count). The van der Waals surface area contributed by atoms with E-state index in [4.69, 9.17) is 4.98 Å². The number of anilines is 1. The number of carbonyl (C=O) groups excluding carboxylic acids is 2. The lowest BCUT2D eigenvalue weighted by Crippen LogP contribution is -2.63. The van der Waals surface area contributed by atoms with Crippen molar-refractivity contribution in [2.45, 2.75) is 63.2 Å². The van der Waals surface area contributed by atoms with E-state index in [1.54, 1.807) is 9.80 Å². The number of imidazole rings is 1. The largest absolute Gasteiger partial charge is 0.389 e. The first kappa shape index (κ1) is 21.0. The van der Waals surface area contributed by atoms with Gasteiger partial charge < -0.3 is 14.4 Å². The van der Waals surface area contributed by atoms with Gasteiger partial charge in [0.1, 0.15) is 11.2 Å². The monoisotopic (exact) mass is 446 g/mol. The van der Waals surface area contributed by atoms with E-state index in [0.717, 1.165) is 54.7 Å². The standard InChI is InChI=1S/C23H25F3N4O2/c24-23(25,26)10-5-11-29-19-9-4-2-7-17(19)27-20(29)12-30-18-8-3-1-6-16(18)22(21(30)32)13-28(14-22)15-31/h1,3,6,8,15H,2,4-5,7,9-14H2. The fourth-order valence-electron chi connectivity index (χ4n) is 5.40. The Kier molecular flexibility index (Phi) is 5.02. The van der Waals surface area contributed by atoms with Crippen LogP contribution in [0.25, 0.3) is 0 Å². The summed E-state index contributed by atoms with van der Waals surface area (Å²) in [6.45, 7) is 1.15. The number of nitrogens with zero attached hydrogens (tertiary/aromatic N) is 4. The number of rotatable bonds is 6. The van der Waals surface area contributed by atoms with Crippen LogP contribution in [0.1, 0.15) is 48.5 Å². The van der Waals surface area contributed by atoms with Gasteiger partial charge in [0.05, 0.1) is 12.2 Å². The van der Waals surface area contributed by atoms with Gasteiger partial charge in [0, 0.05) is 37.4 Å². The maximum Gasteiger partial charge on any atom is 0.389 e. The summed E-state index contributed by atoms with van der Waals surface area (Å²) >= 11 is 0. The number of likely N-dealkylation sites (tertiary alicyclic amines) is 1. The Balaban J connectivity index is 1.45. The number of alkyl halides is 3. The molecule has 1 aromatic carbocycles. The molecule has 2 aromatic rings. The molecule has 170 valence electrons. The quantitative estimate of drug-likeness (QED) is 0.640. The molecule has 1 saturated heterocycles. The van der Waals surface area contributed by atoms with Crippen molar-refractivity contribution in [3.8, 4) is 0 Å². The average Bonchev–Trinajstić information content (AvgIpc) is 3.20. The first-order valence-electron chi connectivity index (χ1n) is 11.1. The number of para-hydroxylation sites is 1. The van der Waals surface area contributed by atoms with Gasteiger partial charge in [0.2, 0.25) is 12.3 Å². The predicted octanol–water partition coefficient (Wildman–Crippen LogP) is 3.36. The van der Waals surface area contributed by atoms with Gasteiger partial charge in [-0.3, -0.25) is 9.59 Å². The number of hydrogen-bond donors (Lipinski definition) is 0. The molecule has 2 amide bonds. The van der Waals surface area contributed by atoms with Crippen LogP contribution in [0.3, 0.4) is 0 Å². The molecule has 2 aliphatic heterocycles. The van der Waals surface area contributed by atoms with Crippen molar-refractivity contribution in [1.82, 2.24) is 14.5 Å². The number of hydrogen-bond acceptors (Lipinski definition) is 3. The van der Waals surface area contributed by atoms with Crippen molar-refractivity contribution in [1.29, 1.82) is 0 Å². The smallest absolute Gasteiger partial charge is 0.342 e. The van der Waals surface area contributed by atoms with E-state index in [0.29, 0.717) is 18.9 Å². The Hall–Kier alpha value is -2.84. The molecule has 1 aromatic heterocycles. The molecule has 32 heavy (non-hydrogen) atoms. The summed E-state index contributed by atoms with van der Waals surface area (Å²) in [5.41, 5.74) is 2.93. The molecule has 1 spiro atoms. The molecular formula is C23H25F3N4O2. The number of carbonyl (C=O) groups is 2. The Labute approximate surface area is 184 Å².